The van der Waals surface area contributed by atoms with Gasteiger partial charge in [0.05, 0.1) is 30.2 Å². The first-order chi connectivity index (χ1) is 24.8. The fraction of sp³-hybridized carbons (Fsp3) is 0.282. The van der Waals surface area contributed by atoms with Gasteiger partial charge in [0, 0.05) is 0 Å². The summed E-state index contributed by atoms with van der Waals surface area (Å²) in [6, 6.07) is 33.5. The number of hydrogen-bond donors (Lipinski definition) is 2. The minimum Gasteiger partial charge on any atom is -0.459 e. The van der Waals surface area contributed by atoms with E-state index < -0.39 is 73.1 Å². The molecule has 264 valence electrons. The Morgan fingerprint density at radius 1 is 0.725 bits per heavy atom. The van der Waals surface area contributed by atoms with Gasteiger partial charge in [0.2, 0.25) is 5.91 Å². The lowest BCUT2D eigenvalue weighted by Gasteiger charge is -2.39. The van der Waals surface area contributed by atoms with Crippen LogP contribution in [0.15, 0.2) is 121 Å². The number of amides is 1. The predicted molar refractivity (Wildman–Crippen MR) is 180 cm³/mol. The van der Waals surface area contributed by atoms with Crippen molar-refractivity contribution in [3.8, 4) is 0 Å². The number of rotatable bonds is 14. The highest BCUT2D eigenvalue weighted by Crippen LogP contribution is 2.44. The largest absolute Gasteiger partial charge is 0.459 e. The van der Waals surface area contributed by atoms with Crippen molar-refractivity contribution in [2.24, 2.45) is 0 Å². The molecule has 4 aromatic carbocycles. The quantitative estimate of drug-likeness (QED) is 0.146. The molecule has 4 aromatic rings. The number of aliphatic hydroxyl groups is 1. The van der Waals surface area contributed by atoms with Crippen LogP contribution >= 0.6 is 0 Å². The fourth-order valence-corrected chi connectivity index (χ4v) is 5.94. The van der Waals surface area contributed by atoms with Crippen molar-refractivity contribution in [1.82, 2.24) is 5.32 Å². The Kier molecular flexibility index (Phi) is 11.5. The summed E-state index contributed by atoms with van der Waals surface area (Å²) in [5.74, 6) is -5.05. The second-order valence-electron chi connectivity index (χ2n) is 12.1. The molecule has 0 spiro atoms. The molecule has 2 fully saturated rings. The second kappa shape index (κ2) is 16.5. The standard InChI is InChI=1S/C39H37NO11/c41-30(24-47-36(43)28-17-9-3-10-18-28)34-35-33(40-32(42)25-46-22-26-13-5-1-6-14-26)31(49-37(44)29-19-11-4-12-20-29)21-39(50-34,51-35)38(45)48-23-27-15-7-2-8-16-27/h1-20,30-31,33-35,41H,21-25H2,(H,40,42)/t30-,31+,33-,34-,35-,39-/m1/s1. The highest BCUT2D eigenvalue weighted by Gasteiger charge is 2.65. The zero-order chi connectivity index (χ0) is 35.6. The molecule has 12 heteroatoms. The molecule has 12 nitrogen and oxygen atoms in total. The monoisotopic (exact) mass is 695 g/mol. The second-order valence-corrected chi connectivity index (χ2v) is 12.1. The van der Waals surface area contributed by atoms with Gasteiger partial charge in [-0.1, -0.05) is 97.1 Å². The van der Waals surface area contributed by atoms with Gasteiger partial charge in [0.1, 0.15) is 44.2 Å². The van der Waals surface area contributed by atoms with E-state index in [1.807, 2.05) is 36.4 Å². The zero-order valence-corrected chi connectivity index (χ0v) is 27.5. The average molecular weight is 696 g/mol. The summed E-state index contributed by atoms with van der Waals surface area (Å²) in [6.07, 6.45) is -5.72. The molecule has 0 aromatic heterocycles. The zero-order valence-electron chi connectivity index (χ0n) is 27.5. The minimum atomic E-state index is -2.14. The molecule has 2 N–H and O–H groups in total. The molecule has 6 rings (SSSR count). The fourth-order valence-electron chi connectivity index (χ4n) is 5.94. The molecular weight excluding hydrogens is 658 g/mol. The van der Waals surface area contributed by atoms with Gasteiger partial charge in [-0.2, -0.15) is 0 Å². The van der Waals surface area contributed by atoms with Crippen molar-refractivity contribution >= 4 is 23.8 Å². The first-order valence-electron chi connectivity index (χ1n) is 16.5. The predicted octanol–water partition coefficient (Wildman–Crippen LogP) is 3.76. The van der Waals surface area contributed by atoms with E-state index in [-0.39, 0.29) is 30.9 Å². The van der Waals surface area contributed by atoms with Crippen molar-refractivity contribution in [2.75, 3.05) is 13.2 Å². The summed E-state index contributed by atoms with van der Waals surface area (Å²) >= 11 is 0. The molecular formula is C39H37NO11. The van der Waals surface area contributed by atoms with Gasteiger partial charge < -0.3 is 38.8 Å². The molecule has 1 amide bonds. The van der Waals surface area contributed by atoms with Crippen LogP contribution in [0.5, 0.6) is 0 Å². The van der Waals surface area contributed by atoms with Crippen molar-refractivity contribution in [3.63, 3.8) is 0 Å². The van der Waals surface area contributed by atoms with Crippen LogP contribution in [0, 0.1) is 0 Å². The van der Waals surface area contributed by atoms with Gasteiger partial charge in [-0.05, 0) is 35.4 Å². The van der Waals surface area contributed by atoms with Gasteiger partial charge in [0.15, 0.2) is 0 Å². The maximum atomic E-state index is 13.8. The lowest BCUT2D eigenvalue weighted by Crippen LogP contribution is -2.62. The molecule has 0 unspecified atom stereocenters. The molecule has 6 atom stereocenters. The molecule has 2 aliphatic heterocycles. The van der Waals surface area contributed by atoms with E-state index in [0.29, 0.717) is 5.56 Å². The Morgan fingerprint density at radius 2 is 1.27 bits per heavy atom. The van der Waals surface area contributed by atoms with E-state index in [2.05, 4.69) is 5.32 Å². The maximum absolute atomic E-state index is 13.8. The molecule has 2 heterocycles. The van der Waals surface area contributed by atoms with E-state index in [4.69, 9.17) is 28.4 Å². The van der Waals surface area contributed by atoms with Crippen LogP contribution in [0.25, 0.3) is 0 Å². The molecule has 2 bridgehead atoms. The third kappa shape index (κ3) is 8.86. The van der Waals surface area contributed by atoms with Crippen LogP contribution in [0.3, 0.4) is 0 Å². The van der Waals surface area contributed by atoms with Crippen molar-refractivity contribution in [1.29, 1.82) is 0 Å². The first kappa shape index (κ1) is 35.4. The lowest BCUT2D eigenvalue weighted by atomic mass is 9.91. The number of carbonyl (C=O) groups is 4. The molecule has 51 heavy (non-hydrogen) atoms. The third-order valence-electron chi connectivity index (χ3n) is 8.44. The van der Waals surface area contributed by atoms with Gasteiger partial charge in [-0.3, -0.25) is 4.79 Å². The SMILES string of the molecule is O=C(COCc1ccccc1)N[C@H]1[C@H]2O[C@@](C(=O)OCc3ccccc3)(C[C@@H]1OC(=O)c1ccccc1)O[C@@H]2[C@H](O)COC(=O)c1ccccc1. The van der Waals surface area contributed by atoms with Crippen molar-refractivity contribution < 1.29 is 52.7 Å². The van der Waals surface area contributed by atoms with Gasteiger partial charge in [-0.25, -0.2) is 14.4 Å². The van der Waals surface area contributed by atoms with E-state index in [9.17, 15) is 24.3 Å². The third-order valence-corrected chi connectivity index (χ3v) is 8.44. The van der Waals surface area contributed by atoms with E-state index >= 15 is 0 Å². The van der Waals surface area contributed by atoms with Gasteiger partial charge in [-0.15, -0.1) is 0 Å². The number of hydrogen-bond acceptors (Lipinski definition) is 11. The van der Waals surface area contributed by atoms with Crippen LogP contribution in [-0.4, -0.2) is 78.4 Å². The summed E-state index contributed by atoms with van der Waals surface area (Å²) in [5, 5.41) is 14.2. The molecule has 0 aliphatic carbocycles. The van der Waals surface area contributed by atoms with Crippen LogP contribution in [0.2, 0.25) is 0 Å². The highest BCUT2D eigenvalue weighted by atomic mass is 16.8. The lowest BCUT2D eigenvalue weighted by molar-refractivity contribution is -0.239. The molecule has 0 saturated carbocycles. The molecule has 2 saturated heterocycles. The Morgan fingerprint density at radius 3 is 1.88 bits per heavy atom. The minimum absolute atomic E-state index is 0.117. The number of carbonyl (C=O) groups excluding carboxylic acids is 4. The first-order valence-corrected chi connectivity index (χ1v) is 16.5. The topological polar surface area (TPSA) is 156 Å². The van der Waals surface area contributed by atoms with Gasteiger partial charge >= 0.3 is 17.9 Å². The number of esters is 3. The molecule has 0 radical (unpaired) electrons. The summed E-state index contributed by atoms with van der Waals surface area (Å²) in [4.78, 5) is 53.1. The summed E-state index contributed by atoms with van der Waals surface area (Å²) < 4.78 is 35.0. The number of benzene rings is 4. The molecule has 2 aliphatic rings. The number of ether oxygens (including phenoxy) is 6. The Labute approximate surface area is 294 Å². The average Bonchev–Trinajstić information content (AvgIpc) is 3.51. The Bertz CT molecular complexity index is 1770. The van der Waals surface area contributed by atoms with Crippen molar-refractivity contribution in [2.45, 2.75) is 55.9 Å². The van der Waals surface area contributed by atoms with Crippen LogP contribution < -0.4 is 5.32 Å². The summed E-state index contributed by atoms with van der Waals surface area (Å²) in [5.41, 5.74) is 2.06. The number of aliphatic hydroxyl groups excluding tert-OH is 1. The highest BCUT2D eigenvalue weighted by molar-refractivity contribution is 5.90. The van der Waals surface area contributed by atoms with Crippen molar-refractivity contribution in [3.05, 3.63) is 144 Å². The van der Waals surface area contributed by atoms with Crippen LogP contribution in [-0.2, 0) is 51.2 Å². The number of fused-ring (bicyclic) bond motifs is 2. The maximum Gasteiger partial charge on any atom is 0.367 e. The normalized spacial score (nSPS) is 22.7. The number of nitrogens with one attached hydrogen (secondary N) is 1. The summed E-state index contributed by atoms with van der Waals surface area (Å²) in [6.45, 7) is -0.847. The smallest absolute Gasteiger partial charge is 0.367 e. The summed E-state index contributed by atoms with van der Waals surface area (Å²) in [7, 11) is 0. The Balaban J connectivity index is 1.25. The van der Waals surface area contributed by atoms with E-state index in [0.717, 1.165) is 5.56 Å². The van der Waals surface area contributed by atoms with Gasteiger partial charge in [0.25, 0.3) is 5.79 Å². The van der Waals surface area contributed by atoms with E-state index in [1.165, 1.54) is 0 Å². The van der Waals surface area contributed by atoms with E-state index in [1.54, 1.807) is 84.9 Å². The van der Waals surface area contributed by atoms with Crippen LogP contribution in [0.4, 0.5) is 0 Å². The Hall–Kier alpha value is -5.40. The van der Waals surface area contributed by atoms with Crippen LogP contribution in [0.1, 0.15) is 38.3 Å².